The fourth-order valence-corrected chi connectivity index (χ4v) is 1.60. The Morgan fingerprint density at radius 2 is 1.84 bits per heavy atom. The molecule has 0 radical (unpaired) electrons. The van der Waals surface area contributed by atoms with Crippen LogP contribution in [0.1, 0.15) is 19.4 Å². The Labute approximate surface area is 113 Å². The summed E-state index contributed by atoms with van der Waals surface area (Å²) >= 11 is 0. The molecule has 5 heteroatoms. The van der Waals surface area contributed by atoms with Gasteiger partial charge in [0, 0.05) is 6.54 Å². The van der Waals surface area contributed by atoms with Crippen LogP contribution in [0, 0.1) is 0 Å². The number of rotatable bonds is 5. The van der Waals surface area contributed by atoms with Crippen molar-refractivity contribution in [1.29, 1.82) is 0 Å². The number of benzene rings is 1. The van der Waals surface area contributed by atoms with Gasteiger partial charge >= 0.3 is 12.0 Å². The van der Waals surface area contributed by atoms with E-state index in [9.17, 15) is 9.59 Å². The molecule has 1 aromatic carbocycles. The summed E-state index contributed by atoms with van der Waals surface area (Å²) in [7, 11) is 1.29. The second-order valence-electron chi connectivity index (χ2n) is 4.73. The molecular formula is C14H20N2O3. The Kier molecular flexibility index (Phi) is 5.36. The lowest BCUT2D eigenvalue weighted by molar-refractivity contribution is -0.146. The van der Waals surface area contributed by atoms with Crippen molar-refractivity contribution in [2.24, 2.45) is 0 Å². The van der Waals surface area contributed by atoms with Crippen LogP contribution in [0.15, 0.2) is 30.3 Å². The first-order chi connectivity index (χ1) is 8.95. The van der Waals surface area contributed by atoms with Gasteiger partial charge in [-0.3, -0.25) is 0 Å². The number of methoxy groups -OCH3 is 1. The second kappa shape index (κ2) is 6.78. The predicted octanol–water partition coefficient (Wildman–Crippen LogP) is 1.48. The average Bonchev–Trinajstić information content (AvgIpc) is 2.38. The SMILES string of the molecule is COC(=O)C(C)(C)NC(=O)NCCc1ccccc1. The van der Waals surface area contributed by atoms with Crippen LogP contribution >= 0.6 is 0 Å². The zero-order chi connectivity index (χ0) is 14.3. The number of hydrogen-bond donors (Lipinski definition) is 2. The Morgan fingerprint density at radius 3 is 2.42 bits per heavy atom. The summed E-state index contributed by atoms with van der Waals surface area (Å²) in [4.78, 5) is 23.0. The van der Waals surface area contributed by atoms with Crippen molar-refractivity contribution in [2.45, 2.75) is 25.8 Å². The van der Waals surface area contributed by atoms with Gasteiger partial charge in [0.2, 0.25) is 0 Å². The molecule has 1 aromatic rings. The third-order valence-corrected chi connectivity index (χ3v) is 2.66. The normalized spacial score (nSPS) is 10.7. The molecule has 0 aliphatic heterocycles. The molecule has 0 aliphatic rings. The van der Waals surface area contributed by atoms with E-state index in [1.165, 1.54) is 7.11 Å². The third kappa shape index (κ3) is 4.99. The standard InChI is InChI=1S/C14H20N2O3/c1-14(2,12(17)19-3)16-13(18)15-10-9-11-7-5-4-6-8-11/h4-8H,9-10H2,1-3H3,(H2,15,16,18). The Balaban J connectivity index is 2.34. The number of ether oxygens (including phenoxy) is 1. The zero-order valence-corrected chi connectivity index (χ0v) is 11.5. The maximum atomic E-state index is 11.6. The van der Waals surface area contributed by atoms with Gasteiger partial charge in [0.05, 0.1) is 7.11 Å². The zero-order valence-electron chi connectivity index (χ0n) is 11.5. The molecule has 0 spiro atoms. The van der Waals surface area contributed by atoms with Crippen LogP contribution in [-0.4, -0.2) is 31.2 Å². The van der Waals surface area contributed by atoms with Crippen molar-refractivity contribution >= 4 is 12.0 Å². The quantitative estimate of drug-likeness (QED) is 0.792. The van der Waals surface area contributed by atoms with E-state index in [1.807, 2.05) is 30.3 Å². The van der Waals surface area contributed by atoms with Crippen molar-refractivity contribution in [1.82, 2.24) is 10.6 Å². The molecule has 19 heavy (non-hydrogen) atoms. The van der Waals surface area contributed by atoms with Gasteiger partial charge in [0.15, 0.2) is 0 Å². The summed E-state index contributed by atoms with van der Waals surface area (Å²) in [6.07, 6.45) is 0.743. The first-order valence-electron chi connectivity index (χ1n) is 6.14. The van der Waals surface area contributed by atoms with Gasteiger partial charge in [-0.25, -0.2) is 9.59 Å². The molecule has 2 amide bonds. The number of esters is 1. The monoisotopic (exact) mass is 264 g/mol. The number of carbonyl (C=O) groups excluding carboxylic acids is 2. The van der Waals surface area contributed by atoms with E-state index in [4.69, 9.17) is 0 Å². The predicted molar refractivity (Wildman–Crippen MR) is 72.8 cm³/mol. The van der Waals surface area contributed by atoms with Gasteiger partial charge in [-0.2, -0.15) is 0 Å². The minimum absolute atomic E-state index is 0.383. The number of urea groups is 1. The van der Waals surface area contributed by atoms with Crippen molar-refractivity contribution in [3.8, 4) is 0 Å². The highest BCUT2D eigenvalue weighted by Crippen LogP contribution is 2.04. The topological polar surface area (TPSA) is 67.4 Å². The summed E-state index contributed by atoms with van der Waals surface area (Å²) in [5.74, 6) is -0.481. The Morgan fingerprint density at radius 1 is 1.21 bits per heavy atom. The first kappa shape index (κ1) is 15.0. The fraction of sp³-hybridized carbons (Fsp3) is 0.429. The fourth-order valence-electron chi connectivity index (χ4n) is 1.60. The molecule has 0 saturated heterocycles. The molecular weight excluding hydrogens is 244 g/mol. The van der Waals surface area contributed by atoms with Gasteiger partial charge in [-0.1, -0.05) is 30.3 Å². The molecule has 0 heterocycles. The minimum Gasteiger partial charge on any atom is -0.467 e. The summed E-state index contributed by atoms with van der Waals surface area (Å²) in [6, 6.07) is 9.47. The lowest BCUT2D eigenvalue weighted by Gasteiger charge is -2.23. The van der Waals surface area contributed by atoms with Crippen molar-refractivity contribution in [2.75, 3.05) is 13.7 Å². The molecule has 0 fully saturated rings. The summed E-state index contributed by atoms with van der Waals surface area (Å²) in [5, 5.41) is 5.28. The van der Waals surface area contributed by atoms with Crippen LogP contribution < -0.4 is 10.6 Å². The van der Waals surface area contributed by atoms with E-state index in [2.05, 4.69) is 15.4 Å². The van der Waals surface area contributed by atoms with E-state index >= 15 is 0 Å². The van der Waals surface area contributed by atoms with Crippen LogP contribution in [0.3, 0.4) is 0 Å². The molecule has 0 bridgehead atoms. The first-order valence-corrected chi connectivity index (χ1v) is 6.14. The molecule has 1 rings (SSSR count). The smallest absolute Gasteiger partial charge is 0.331 e. The highest BCUT2D eigenvalue weighted by atomic mass is 16.5. The maximum absolute atomic E-state index is 11.6. The minimum atomic E-state index is -1.04. The maximum Gasteiger partial charge on any atom is 0.331 e. The Bertz CT molecular complexity index is 430. The molecule has 5 nitrogen and oxygen atoms in total. The van der Waals surface area contributed by atoms with E-state index in [0.29, 0.717) is 6.54 Å². The molecule has 0 unspecified atom stereocenters. The van der Waals surface area contributed by atoms with Crippen LogP contribution in [0.4, 0.5) is 4.79 Å². The molecule has 0 atom stereocenters. The highest BCUT2D eigenvalue weighted by Gasteiger charge is 2.30. The lowest BCUT2D eigenvalue weighted by Crippen LogP contribution is -2.53. The number of hydrogen-bond acceptors (Lipinski definition) is 3. The van der Waals surface area contributed by atoms with Gasteiger partial charge in [0.1, 0.15) is 5.54 Å². The van der Waals surface area contributed by atoms with Gasteiger partial charge in [-0.15, -0.1) is 0 Å². The molecule has 2 N–H and O–H groups in total. The molecule has 0 aromatic heterocycles. The van der Waals surface area contributed by atoms with E-state index in [1.54, 1.807) is 13.8 Å². The van der Waals surface area contributed by atoms with Crippen LogP contribution in [-0.2, 0) is 16.0 Å². The lowest BCUT2D eigenvalue weighted by atomic mass is 10.1. The van der Waals surface area contributed by atoms with Crippen LogP contribution in [0.2, 0.25) is 0 Å². The van der Waals surface area contributed by atoms with Crippen molar-refractivity contribution in [3.63, 3.8) is 0 Å². The third-order valence-electron chi connectivity index (χ3n) is 2.66. The van der Waals surface area contributed by atoms with E-state index in [-0.39, 0.29) is 6.03 Å². The summed E-state index contributed by atoms with van der Waals surface area (Å²) in [5.41, 5.74) is 0.112. The molecule has 0 aliphatic carbocycles. The molecule has 104 valence electrons. The number of carbonyl (C=O) groups is 2. The molecule has 0 saturated carbocycles. The van der Waals surface area contributed by atoms with Gasteiger partial charge < -0.3 is 15.4 Å². The van der Waals surface area contributed by atoms with Crippen LogP contribution in [0.5, 0.6) is 0 Å². The second-order valence-corrected chi connectivity index (χ2v) is 4.73. The van der Waals surface area contributed by atoms with Crippen LogP contribution in [0.25, 0.3) is 0 Å². The number of amides is 2. The van der Waals surface area contributed by atoms with Gasteiger partial charge in [0.25, 0.3) is 0 Å². The Hall–Kier alpha value is -2.04. The van der Waals surface area contributed by atoms with E-state index < -0.39 is 11.5 Å². The van der Waals surface area contributed by atoms with Gasteiger partial charge in [-0.05, 0) is 25.8 Å². The summed E-state index contributed by atoms with van der Waals surface area (Å²) in [6.45, 7) is 3.69. The highest BCUT2D eigenvalue weighted by molar-refractivity contribution is 5.86. The average molecular weight is 264 g/mol. The van der Waals surface area contributed by atoms with E-state index in [0.717, 1.165) is 12.0 Å². The number of nitrogens with one attached hydrogen (secondary N) is 2. The largest absolute Gasteiger partial charge is 0.467 e. The summed E-state index contributed by atoms with van der Waals surface area (Å²) < 4.78 is 4.61. The van der Waals surface area contributed by atoms with Crippen molar-refractivity contribution < 1.29 is 14.3 Å². The van der Waals surface area contributed by atoms with Crippen molar-refractivity contribution in [3.05, 3.63) is 35.9 Å².